The normalized spacial score (nSPS) is 18.4. The van der Waals surface area contributed by atoms with Gasteiger partial charge in [-0.25, -0.2) is 13.9 Å². The van der Waals surface area contributed by atoms with Crippen LogP contribution in [0.15, 0.2) is 60.7 Å². The topological polar surface area (TPSA) is 65.4 Å². The third-order valence-corrected chi connectivity index (χ3v) is 5.29. The van der Waals surface area contributed by atoms with Crippen LogP contribution in [0.2, 0.25) is 0 Å². The average Bonchev–Trinajstić information content (AvgIpc) is 3.25. The maximum atomic E-state index is 14.1. The van der Waals surface area contributed by atoms with Gasteiger partial charge in [-0.1, -0.05) is 42.5 Å². The molecular weight excluding hydrogens is 355 g/mol. The summed E-state index contributed by atoms with van der Waals surface area (Å²) >= 11 is 0. The van der Waals surface area contributed by atoms with E-state index in [-0.39, 0.29) is 0 Å². The first-order chi connectivity index (χ1) is 13.7. The van der Waals surface area contributed by atoms with Gasteiger partial charge in [0.1, 0.15) is 11.9 Å². The summed E-state index contributed by atoms with van der Waals surface area (Å²) in [6.07, 6.45) is -0.699. The molecule has 0 radical (unpaired) electrons. The van der Waals surface area contributed by atoms with Gasteiger partial charge in [0.15, 0.2) is 5.65 Å². The number of hydrogen-bond donors (Lipinski definition) is 1. The minimum atomic E-state index is -1.04. The molecule has 1 aliphatic rings. The minimum absolute atomic E-state index is 0.338. The van der Waals surface area contributed by atoms with E-state index in [2.05, 4.69) is 5.10 Å². The van der Waals surface area contributed by atoms with Crippen molar-refractivity contribution in [2.45, 2.75) is 18.6 Å². The van der Waals surface area contributed by atoms with Crippen LogP contribution >= 0.6 is 0 Å². The zero-order chi connectivity index (χ0) is 19.3. The first-order valence-electron chi connectivity index (χ1n) is 9.18. The smallest absolute Gasteiger partial charge is 0.231 e. The van der Waals surface area contributed by atoms with E-state index in [0.717, 1.165) is 39.3 Å². The van der Waals surface area contributed by atoms with Crippen molar-refractivity contribution < 1.29 is 9.13 Å². The van der Waals surface area contributed by atoms with Gasteiger partial charge in [0, 0.05) is 23.6 Å². The van der Waals surface area contributed by atoms with Crippen molar-refractivity contribution >= 4 is 5.65 Å². The number of nitrogens with two attached hydrogens (primary N) is 1. The molecule has 4 aromatic rings. The number of halogens is 1. The molecule has 5 rings (SSSR count). The predicted octanol–water partition coefficient (Wildman–Crippen LogP) is 3.97. The average molecular weight is 374 g/mol. The highest BCUT2D eigenvalue weighted by molar-refractivity contribution is 5.82. The van der Waals surface area contributed by atoms with Crippen molar-refractivity contribution in [2.75, 3.05) is 7.11 Å². The lowest BCUT2D eigenvalue weighted by Gasteiger charge is -2.09. The molecule has 2 atom stereocenters. The van der Waals surface area contributed by atoms with Crippen LogP contribution in [0.3, 0.4) is 0 Å². The fourth-order valence-electron chi connectivity index (χ4n) is 3.87. The Hall–Kier alpha value is -3.25. The van der Waals surface area contributed by atoms with Crippen molar-refractivity contribution in [1.82, 2.24) is 14.6 Å². The van der Waals surface area contributed by atoms with Crippen LogP contribution in [0.5, 0.6) is 5.88 Å². The second-order valence-electron chi connectivity index (χ2n) is 6.98. The molecular formula is C22H19FN4O. The Balaban J connectivity index is 1.75. The Bertz CT molecular complexity index is 1170. The highest BCUT2D eigenvalue weighted by Gasteiger charge is 2.30. The Kier molecular flexibility index (Phi) is 3.87. The van der Waals surface area contributed by atoms with Gasteiger partial charge in [0.25, 0.3) is 0 Å². The second kappa shape index (κ2) is 6.42. The van der Waals surface area contributed by atoms with Crippen LogP contribution in [0.4, 0.5) is 4.39 Å². The molecule has 0 amide bonds. The van der Waals surface area contributed by atoms with Crippen LogP contribution in [-0.4, -0.2) is 27.9 Å². The maximum Gasteiger partial charge on any atom is 0.231 e. The zero-order valence-corrected chi connectivity index (χ0v) is 15.3. The highest BCUT2D eigenvalue weighted by Crippen LogP contribution is 2.37. The molecule has 2 N–H and O–H groups in total. The summed E-state index contributed by atoms with van der Waals surface area (Å²) in [6, 6.07) is 19.0. The van der Waals surface area contributed by atoms with Gasteiger partial charge in [-0.05, 0) is 23.3 Å². The number of rotatable bonds is 3. The third-order valence-electron chi connectivity index (χ3n) is 5.29. The molecule has 5 nitrogen and oxygen atoms in total. The van der Waals surface area contributed by atoms with Gasteiger partial charge < -0.3 is 10.5 Å². The van der Waals surface area contributed by atoms with E-state index in [9.17, 15) is 4.39 Å². The maximum absolute atomic E-state index is 14.1. The molecule has 2 heterocycles. The standard InChI is InChI=1S/C22H19FN4O/c1-28-19-10-9-18-25-21(22(27(18)26-19)13-5-3-2-4-6-13)14-7-8-16-15(11-14)12-17(23)20(16)24/h2-11,17,20H,12,24H2,1H3. The number of aromatic nitrogens is 3. The van der Waals surface area contributed by atoms with Gasteiger partial charge in [-0.15, -0.1) is 5.10 Å². The minimum Gasteiger partial charge on any atom is -0.480 e. The quantitative estimate of drug-likeness (QED) is 0.589. The van der Waals surface area contributed by atoms with Gasteiger partial charge in [0.05, 0.1) is 18.8 Å². The van der Waals surface area contributed by atoms with E-state index in [4.69, 9.17) is 15.5 Å². The van der Waals surface area contributed by atoms with Crippen molar-refractivity contribution in [3.05, 3.63) is 71.8 Å². The molecule has 2 aromatic heterocycles. The summed E-state index contributed by atoms with van der Waals surface area (Å²) < 4.78 is 21.2. The van der Waals surface area contributed by atoms with Gasteiger partial charge in [-0.3, -0.25) is 0 Å². The molecule has 6 heteroatoms. The van der Waals surface area contributed by atoms with Crippen molar-refractivity contribution in [3.8, 4) is 28.4 Å². The van der Waals surface area contributed by atoms with Gasteiger partial charge >= 0.3 is 0 Å². The lowest BCUT2D eigenvalue weighted by molar-refractivity contribution is 0.303. The van der Waals surface area contributed by atoms with Crippen molar-refractivity contribution in [3.63, 3.8) is 0 Å². The largest absolute Gasteiger partial charge is 0.480 e. The molecule has 0 bridgehead atoms. The number of benzene rings is 2. The summed E-state index contributed by atoms with van der Waals surface area (Å²) in [5.41, 5.74) is 12.1. The third kappa shape index (κ3) is 2.57. The zero-order valence-electron chi connectivity index (χ0n) is 15.3. The number of imidazole rings is 1. The van der Waals surface area contributed by atoms with Gasteiger partial charge in [0.2, 0.25) is 5.88 Å². The van der Waals surface area contributed by atoms with E-state index in [1.165, 1.54) is 0 Å². The Morgan fingerprint density at radius 1 is 1.07 bits per heavy atom. The Morgan fingerprint density at radius 2 is 1.89 bits per heavy atom. The first kappa shape index (κ1) is 16.9. The molecule has 0 saturated carbocycles. The lowest BCUT2D eigenvalue weighted by Crippen LogP contribution is -2.17. The van der Waals surface area contributed by atoms with Crippen LogP contribution in [-0.2, 0) is 6.42 Å². The van der Waals surface area contributed by atoms with Crippen LogP contribution in [0.1, 0.15) is 17.2 Å². The number of alkyl halides is 1. The van der Waals surface area contributed by atoms with E-state index in [0.29, 0.717) is 12.3 Å². The first-order valence-corrected chi connectivity index (χ1v) is 9.18. The van der Waals surface area contributed by atoms with Gasteiger partial charge in [-0.2, -0.15) is 0 Å². The summed E-state index contributed by atoms with van der Waals surface area (Å²) in [5.74, 6) is 0.508. The molecule has 2 unspecified atom stereocenters. The molecule has 1 aliphatic carbocycles. The van der Waals surface area contributed by atoms with Crippen LogP contribution in [0, 0.1) is 0 Å². The second-order valence-corrected chi connectivity index (χ2v) is 6.98. The van der Waals surface area contributed by atoms with E-state index in [1.54, 1.807) is 17.7 Å². The highest BCUT2D eigenvalue weighted by atomic mass is 19.1. The fourth-order valence-corrected chi connectivity index (χ4v) is 3.87. The van der Waals surface area contributed by atoms with Crippen LogP contribution < -0.4 is 10.5 Å². The van der Waals surface area contributed by atoms with Crippen LogP contribution in [0.25, 0.3) is 28.2 Å². The predicted molar refractivity (Wildman–Crippen MR) is 106 cm³/mol. The number of hydrogen-bond acceptors (Lipinski definition) is 4. The monoisotopic (exact) mass is 374 g/mol. The summed E-state index contributed by atoms with van der Waals surface area (Å²) in [7, 11) is 1.59. The molecule has 140 valence electrons. The number of methoxy groups -OCH3 is 1. The number of fused-ring (bicyclic) bond motifs is 2. The molecule has 0 aliphatic heterocycles. The summed E-state index contributed by atoms with van der Waals surface area (Å²) in [4.78, 5) is 4.82. The molecule has 28 heavy (non-hydrogen) atoms. The Labute approximate surface area is 161 Å². The SMILES string of the molecule is COc1ccc2nc(-c3ccc4c(c3)CC(F)C4N)c(-c3ccccc3)n2n1. The van der Waals surface area contributed by atoms with E-state index < -0.39 is 12.2 Å². The van der Waals surface area contributed by atoms with E-state index >= 15 is 0 Å². The summed E-state index contributed by atoms with van der Waals surface area (Å²) in [6.45, 7) is 0. The van der Waals surface area contributed by atoms with E-state index in [1.807, 2.05) is 54.6 Å². The van der Waals surface area contributed by atoms with Crippen molar-refractivity contribution in [1.29, 1.82) is 0 Å². The molecule has 2 aromatic carbocycles. The lowest BCUT2D eigenvalue weighted by atomic mass is 10.0. The fraction of sp³-hybridized carbons (Fsp3) is 0.182. The number of nitrogens with zero attached hydrogens (tertiary/aromatic N) is 3. The molecule has 0 saturated heterocycles. The molecule has 0 fully saturated rings. The molecule has 0 spiro atoms. The number of ether oxygens (including phenoxy) is 1. The Morgan fingerprint density at radius 3 is 2.68 bits per heavy atom. The van der Waals surface area contributed by atoms with Crippen molar-refractivity contribution in [2.24, 2.45) is 5.73 Å². The summed E-state index contributed by atoms with van der Waals surface area (Å²) in [5, 5.41) is 4.56.